The zero-order valence-corrected chi connectivity index (χ0v) is 20.2. The average molecular weight is 496 g/mol. The van der Waals surface area contributed by atoms with Crippen LogP contribution in [0.2, 0.25) is 0 Å². The average Bonchev–Trinajstić information content (AvgIpc) is 3.38. The summed E-state index contributed by atoms with van der Waals surface area (Å²) in [6.45, 7) is 3.48. The minimum Gasteiger partial charge on any atom is -0.340 e. The molecule has 0 aliphatic carbocycles. The van der Waals surface area contributed by atoms with Crippen LogP contribution in [0.5, 0.6) is 0 Å². The van der Waals surface area contributed by atoms with Gasteiger partial charge in [0.05, 0.1) is 18.7 Å². The number of amides is 2. The van der Waals surface area contributed by atoms with E-state index in [1.165, 1.54) is 24.3 Å². The van der Waals surface area contributed by atoms with Crippen molar-refractivity contribution in [2.24, 2.45) is 0 Å². The molecule has 0 spiro atoms. The first-order valence-corrected chi connectivity index (χ1v) is 12.4. The van der Waals surface area contributed by atoms with Gasteiger partial charge in [-0.05, 0) is 48.2 Å². The molecule has 190 valence electrons. The van der Waals surface area contributed by atoms with Crippen molar-refractivity contribution in [1.82, 2.24) is 20.0 Å². The fourth-order valence-electron chi connectivity index (χ4n) is 4.98. The van der Waals surface area contributed by atoms with Gasteiger partial charge in [0.25, 0.3) is 0 Å². The van der Waals surface area contributed by atoms with E-state index in [9.17, 15) is 18.4 Å². The predicted molar refractivity (Wildman–Crippen MR) is 131 cm³/mol. The van der Waals surface area contributed by atoms with Gasteiger partial charge in [-0.2, -0.15) is 5.26 Å². The lowest BCUT2D eigenvalue weighted by atomic mass is 9.96. The minimum absolute atomic E-state index is 0.0192. The molecule has 2 saturated heterocycles. The molecule has 2 aliphatic heterocycles. The molecule has 2 heterocycles. The van der Waals surface area contributed by atoms with Crippen molar-refractivity contribution in [1.29, 1.82) is 5.26 Å². The van der Waals surface area contributed by atoms with Crippen molar-refractivity contribution < 1.29 is 18.4 Å². The summed E-state index contributed by atoms with van der Waals surface area (Å²) >= 11 is 0. The maximum atomic E-state index is 13.5. The summed E-state index contributed by atoms with van der Waals surface area (Å²) in [5.74, 6) is -0.709. The number of halogens is 2. The van der Waals surface area contributed by atoms with E-state index in [4.69, 9.17) is 5.26 Å². The molecule has 36 heavy (non-hydrogen) atoms. The second-order valence-corrected chi connectivity index (χ2v) is 9.22. The Morgan fingerprint density at radius 3 is 2.06 bits per heavy atom. The zero-order valence-electron chi connectivity index (χ0n) is 20.2. The number of benzene rings is 2. The van der Waals surface area contributed by atoms with Crippen LogP contribution in [0.1, 0.15) is 36.4 Å². The first-order chi connectivity index (χ1) is 17.5. The van der Waals surface area contributed by atoms with Gasteiger partial charge in [-0.25, -0.2) is 8.78 Å². The molecule has 0 aromatic heterocycles. The van der Waals surface area contributed by atoms with Crippen molar-refractivity contribution in [3.8, 4) is 6.07 Å². The highest BCUT2D eigenvalue weighted by Gasteiger charge is 2.29. The molecule has 7 nitrogen and oxygen atoms in total. The molecule has 1 unspecified atom stereocenters. The number of piperazine rings is 1. The molecule has 9 heteroatoms. The Balaban J connectivity index is 1.28. The van der Waals surface area contributed by atoms with Gasteiger partial charge in [0.15, 0.2) is 0 Å². The fraction of sp³-hybridized carbons (Fsp3) is 0.444. The molecular formula is C27H31F2N5O2. The third-order valence-electron chi connectivity index (χ3n) is 6.92. The van der Waals surface area contributed by atoms with Gasteiger partial charge < -0.3 is 15.1 Å². The third-order valence-corrected chi connectivity index (χ3v) is 6.92. The molecule has 2 amide bonds. The number of carbonyl (C=O) groups excluding carboxylic acids is 2. The van der Waals surface area contributed by atoms with E-state index >= 15 is 0 Å². The Hall–Kier alpha value is -3.35. The van der Waals surface area contributed by atoms with Crippen LogP contribution >= 0.6 is 0 Å². The smallest absolute Gasteiger partial charge is 0.237 e. The molecule has 1 N–H and O–H groups in total. The van der Waals surface area contributed by atoms with Crippen LogP contribution in [0, 0.1) is 23.0 Å². The second kappa shape index (κ2) is 12.1. The molecule has 0 radical (unpaired) electrons. The number of hydrogen-bond donors (Lipinski definition) is 1. The van der Waals surface area contributed by atoms with Crippen molar-refractivity contribution in [2.45, 2.75) is 31.3 Å². The van der Waals surface area contributed by atoms with Crippen molar-refractivity contribution in [3.05, 3.63) is 71.3 Å². The van der Waals surface area contributed by atoms with Crippen molar-refractivity contribution in [2.75, 3.05) is 45.8 Å². The lowest BCUT2D eigenvalue weighted by molar-refractivity contribution is -0.134. The molecular weight excluding hydrogens is 464 g/mol. The molecule has 4 rings (SSSR count). The number of nitriles is 1. The Morgan fingerprint density at radius 2 is 1.50 bits per heavy atom. The largest absolute Gasteiger partial charge is 0.340 e. The Kier molecular flexibility index (Phi) is 8.62. The number of rotatable bonds is 8. The summed E-state index contributed by atoms with van der Waals surface area (Å²) in [7, 11) is 0. The SMILES string of the molecule is N#CC1CCCN1C(=O)CNCCC(=O)N1CCN(C(c2ccc(F)cc2)c2ccc(F)cc2)CC1. The zero-order chi connectivity index (χ0) is 25.5. The standard InChI is InChI=1S/C27H31F2N5O2/c28-22-7-3-20(4-8-22)27(21-5-9-23(29)10-6-21)33-16-14-32(15-17-33)25(35)11-12-31-19-26(36)34-13-1-2-24(34)18-30/h3-10,24,27,31H,1-2,11-17,19H2. The highest BCUT2D eigenvalue weighted by molar-refractivity contribution is 5.79. The van der Waals surface area contributed by atoms with Crippen molar-refractivity contribution in [3.63, 3.8) is 0 Å². The van der Waals surface area contributed by atoms with E-state index in [1.54, 1.807) is 29.2 Å². The van der Waals surface area contributed by atoms with Crippen LogP contribution in [-0.2, 0) is 9.59 Å². The lowest BCUT2D eigenvalue weighted by Crippen LogP contribution is -2.50. The van der Waals surface area contributed by atoms with Gasteiger partial charge in [-0.3, -0.25) is 14.5 Å². The lowest BCUT2D eigenvalue weighted by Gasteiger charge is -2.40. The molecule has 1 atom stereocenters. The summed E-state index contributed by atoms with van der Waals surface area (Å²) < 4.78 is 27.1. The summed E-state index contributed by atoms with van der Waals surface area (Å²) in [6, 6.07) is 14.3. The first kappa shape index (κ1) is 25.7. The highest BCUT2D eigenvalue weighted by Crippen LogP contribution is 2.30. The van der Waals surface area contributed by atoms with Crippen LogP contribution in [-0.4, -0.2) is 78.4 Å². The van der Waals surface area contributed by atoms with Gasteiger partial charge in [-0.1, -0.05) is 24.3 Å². The van der Waals surface area contributed by atoms with Gasteiger partial charge in [0.2, 0.25) is 11.8 Å². The second-order valence-electron chi connectivity index (χ2n) is 9.22. The van der Waals surface area contributed by atoms with Crippen LogP contribution < -0.4 is 5.32 Å². The first-order valence-electron chi connectivity index (χ1n) is 12.4. The highest BCUT2D eigenvalue weighted by atomic mass is 19.1. The fourth-order valence-corrected chi connectivity index (χ4v) is 4.98. The quantitative estimate of drug-likeness (QED) is 0.570. The van der Waals surface area contributed by atoms with E-state index in [1.807, 2.05) is 4.90 Å². The van der Waals surface area contributed by atoms with Gasteiger partial charge in [0.1, 0.15) is 17.7 Å². The van der Waals surface area contributed by atoms with E-state index in [0.29, 0.717) is 39.3 Å². The number of hydrogen-bond acceptors (Lipinski definition) is 5. The molecule has 0 saturated carbocycles. The number of likely N-dealkylation sites (tertiary alicyclic amines) is 1. The molecule has 2 aliphatic rings. The van der Waals surface area contributed by atoms with Gasteiger partial charge in [0, 0.05) is 45.7 Å². The monoisotopic (exact) mass is 495 g/mol. The van der Waals surface area contributed by atoms with E-state index in [2.05, 4.69) is 16.3 Å². The minimum atomic E-state index is -0.342. The summed E-state index contributed by atoms with van der Waals surface area (Å²) in [5.41, 5.74) is 1.82. The topological polar surface area (TPSA) is 79.7 Å². The Labute approximate surface area is 210 Å². The maximum Gasteiger partial charge on any atom is 0.237 e. The number of nitrogens with zero attached hydrogens (tertiary/aromatic N) is 4. The van der Waals surface area contributed by atoms with E-state index in [-0.39, 0.29) is 48.5 Å². The van der Waals surface area contributed by atoms with Gasteiger partial charge in [-0.15, -0.1) is 0 Å². The summed E-state index contributed by atoms with van der Waals surface area (Å²) in [5, 5.41) is 12.2. The molecule has 0 bridgehead atoms. The van der Waals surface area contributed by atoms with Gasteiger partial charge >= 0.3 is 0 Å². The van der Waals surface area contributed by atoms with Crippen molar-refractivity contribution >= 4 is 11.8 Å². The summed E-state index contributed by atoms with van der Waals surface area (Å²) in [4.78, 5) is 30.7. The van der Waals surface area contributed by atoms with Crippen LogP contribution in [0.4, 0.5) is 8.78 Å². The Morgan fingerprint density at radius 1 is 0.917 bits per heavy atom. The molecule has 2 aromatic carbocycles. The Bertz CT molecular complexity index is 1030. The van der Waals surface area contributed by atoms with Crippen LogP contribution in [0.25, 0.3) is 0 Å². The maximum absolute atomic E-state index is 13.5. The van der Waals surface area contributed by atoms with E-state index < -0.39 is 0 Å². The van der Waals surface area contributed by atoms with Crippen LogP contribution in [0.3, 0.4) is 0 Å². The normalized spacial score (nSPS) is 18.4. The third kappa shape index (κ3) is 6.25. The predicted octanol–water partition coefficient (Wildman–Crippen LogP) is 2.69. The summed E-state index contributed by atoms with van der Waals surface area (Å²) in [6.07, 6.45) is 1.85. The molecule has 2 aromatic rings. The van der Waals surface area contributed by atoms with Crippen LogP contribution in [0.15, 0.2) is 48.5 Å². The number of carbonyl (C=O) groups is 2. The molecule has 2 fully saturated rings. The number of nitrogens with one attached hydrogen (secondary N) is 1. The van der Waals surface area contributed by atoms with E-state index in [0.717, 1.165) is 24.0 Å².